The first-order valence-electron chi connectivity index (χ1n) is 12.5. The van der Waals surface area contributed by atoms with Crippen molar-refractivity contribution >= 4 is 5.78 Å². The molecular formula is C28H35NO3. The number of Topliss-reactive ketones (excluding diaryl/α,β-unsaturated/α-hetero) is 1. The summed E-state index contributed by atoms with van der Waals surface area (Å²) in [7, 11) is 0. The highest BCUT2D eigenvalue weighted by Crippen LogP contribution is 2.42. The van der Waals surface area contributed by atoms with Crippen LogP contribution >= 0.6 is 0 Å². The summed E-state index contributed by atoms with van der Waals surface area (Å²) < 4.78 is 11.3. The van der Waals surface area contributed by atoms with Gasteiger partial charge in [-0.2, -0.15) is 0 Å². The highest BCUT2D eigenvalue weighted by molar-refractivity contribution is 5.96. The van der Waals surface area contributed by atoms with Crippen LogP contribution in [0.3, 0.4) is 0 Å². The van der Waals surface area contributed by atoms with Crippen molar-refractivity contribution in [3.8, 4) is 11.5 Å². The number of fused-ring (bicyclic) bond motifs is 1. The second kappa shape index (κ2) is 10.1. The molecule has 1 saturated heterocycles. The lowest BCUT2D eigenvalue weighted by Crippen LogP contribution is -2.34. The Bertz CT molecular complexity index is 896. The summed E-state index contributed by atoms with van der Waals surface area (Å²) >= 11 is 0. The predicted molar refractivity (Wildman–Crippen MR) is 126 cm³/mol. The van der Waals surface area contributed by atoms with E-state index in [2.05, 4.69) is 17.0 Å². The van der Waals surface area contributed by atoms with Crippen molar-refractivity contribution in [2.24, 2.45) is 11.8 Å². The molecule has 0 spiro atoms. The quantitative estimate of drug-likeness (QED) is 0.497. The summed E-state index contributed by atoms with van der Waals surface area (Å²) in [5, 5.41) is 0. The molecule has 0 atom stereocenters. The molecule has 4 nitrogen and oxygen atoms in total. The molecule has 170 valence electrons. The molecule has 2 aliphatic heterocycles. The van der Waals surface area contributed by atoms with Crippen molar-refractivity contribution in [3.05, 3.63) is 59.7 Å². The number of hydrogen-bond donors (Lipinski definition) is 0. The van der Waals surface area contributed by atoms with Crippen LogP contribution < -0.4 is 9.47 Å². The van der Waals surface area contributed by atoms with Gasteiger partial charge in [-0.15, -0.1) is 0 Å². The van der Waals surface area contributed by atoms with Gasteiger partial charge in [-0.3, -0.25) is 4.79 Å². The number of ketones is 1. The molecule has 4 heteroatoms. The fourth-order valence-electron chi connectivity index (χ4n) is 5.84. The number of rotatable bonds is 7. The third kappa shape index (κ3) is 5.01. The Morgan fingerprint density at radius 2 is 1.59 bits per heavy atom. The smallest absolute Gasteiger partial charge is 0.231 e. The molecule has 0 amide bonds. The molecule has 2 fully saturated rings. The maximum absolute atomic E-state index is 12.5. The summed E-state index contributed by atoms with van der Waals surface area (Å²) in [5.74, 6) is 4.20. The topological polar surface area (TPSA) is 38.8 Å². The fraction of sp³-hybridized carbons (Fsp3) is 0.536. The summed E-state index contributed by atoms with van der Waals surface area (Å²) in [4.78, 5) is 15.2. The van der Waals surface area contributed by atoms with E-state index in [4.69, 9.17) is 9.47 Å². The zero-order valence-electron chi connectivity index (χ0n) is 19.0. The molecule has 2 aromatic rings. The fourth-order valence-corrected chi connectivity index (χ4v) is 5.84. The van der Waals surface area contributed by atoms with E-state index < -0.39 is 0 Å². The predicted octanol–water partition coefficient (Wildman–Crippen LogP) is 6.06. The Balaban J connectivity index is 1.02. The minimum absolute atomic E-state index is 0.318. The Labute approximate surface area is 191 Å². The van der Waals surface area contributed by atoms with Crippen LogP contribution in [0.15, 0.2) is 48.5 Å². The van der Waals surface area contributed by atoms with Crippen molar-refractivity contribution in [1.82, 2.24) is 4.90 Å². The van der Waals surface area contributed by atoms with Crippen LogP contribution in [-0.4, -0.2) is 37.1 Å². The van der Waals surface area contributed by atoms with Crippen LogP contribution in [0.25, 0.3) is 0 Å². The van der Waals surface area contributed by atoms with E-state index in [9.17, 15) is 4.79 Å². The lowest BCUT2D eigenvalue weighted by molar-refractivity contribution is 0.0939. The largest absolute Gasteiger partial charge is 0.454 e. The van der Waals surface area contributed by atoms with Crippen molar-refractivity contribution < 1.29 is 14.3 Å². The number of para-hydroxylation sites is 1. The van der Waals surface area contributed by atoms with Gasteiger partial charge in [0.1, 0.15) is 0 Å². The third-order valence-electron chi connectivity index (χ3n) is 7.84. The van der Waals surface area contributed by atoms with Gasteiger partial charge >= 0.3 is 0 Å². The molecule has 0 bridgehead atoms. The molecule has 2 heterocycles. The lowest BCUT2D eigenvalue weighted by atomic mass is 9.78. The monoisotopic (exact) mass is 433 g/mol. The van der Waals surface area contributed by atoms with Crippen LogP contribution in [0.5, 0.6) is 11.5 Å². The Morgan fingerprint density at radius 1 is 0.844 bits per heavy atom. The Hall–Kier alpha value is -2.33. The minimum atomic E-state index is 0.318. The number of hydrogen-bond acceptors (Lipinski definition) is 4. The van der Waals surface area contributed by atoms with Crippen molar-refractivity contribution in [2.45, 2.75) is 57.3 Å². The SMILES string of the molecule is O=C(CC1CCC(CCN2CCC(c3cccc4c3OCO4)CC2)CC1)c1ccccc1. The van der Waals surface area contributed by atoms with Gasteiger partial charge in [0.15, 0.2) is 17.3 Å². The number of nitrogens with zero attached hydrogens (tertiary/aromatic N) is 1. The van der Waals surface area contributed by atoms with Crippen molar-refractivity contribution in [1.29, 1.82) is 0 Å². The van der Waals surface area contributed by atoms with E-state index in [-0.39, 0.29) is 0 Å². The van der Waals surface area contributed by atoms with Crippen LogP contribution in [0.1, 0.15) is 73.2 Å². The van der Waals surface area contributed by atoms with E-state index >= 15 is 0 Å². The van der Waals surface area contributed by atoms with Crippen LogP contribution in [0.4, 0.5) is 0 Å². The second-order valence-electron chi connectivity index (χ2n) is 9.87. The maximum atomic E-state index is 12.5. The molecule has 1 aliphatic carbocycles. The van der Waals surface area contributed by atoms with Gasteiger partial charge < -0.3 is 14.4 Å². The Morgan fingerprint density at radius 3 is 2.38 bits per heavy atom. The second-order valence-corrected chi connectivity index (χ2v) is 9.87. The zero-order chi connectivity index (χ0) is 21.8. The molecule has 2 aromatic carbocycles. The molecule has 5 rings (SSSR count). The van der Waals surface area contributed by atoms with E-state index in [1.165, 1.54) is 70.1 Å². The highest BCUT2D eigenvalue weighted by Gasteiger charge is 2.28. The molecule has 32 heavy (non-hydrogen) atoms. The molecule has 0 aromatic heterocycles. The van der Waals surface area contributed by atoms with Gasteiger partial charge in [0.2, 0.25) is 6.79 Å². The van der Waals surface area contributed by atoms with Crippen molar-refractivity contribution in [2.75, 3.05) is 26.4 Å². The molecule has 3 aliphatic rings. The number of ether oxygens (including phenoxy) is 2. The summed E-state index contributed by atoms with van der Waals surface area (Å²) in [5.41, 5.74) is 2.21. The number of carbonyl (C=O) groups excluding carboxylic acids is 1. The summed E-state index contributed by atoms with van der Waals surface area (Å²) in [6, 6.07) is 16.1. The number of benzene rings is 2. The summed E-state index contributed by atoms with van der Waals surface area (Å²) in [6.07, 6.45) is 9.44. The Kier molecular flexibility index (Phi) is 6.77. The lowest BCUT2D eigenvalue weighted by Gasteiger charge is -2.34. The third-order valence-corrected chi connectivity index (χ3v) is 7.84. The summed E-state index contributed by atoms with van der Waals surface area (Å²) in [6.45, 7) is 3.93. The molecule has 0 unspecified atom stereocenters. The van der Waals surface area contributed by atoms with Gasteiger partial charge in [0.25, 0.3) is 0 Å². The first-order valence-corrected chi connectivity index (χ1v) is 12.5. The van der Waals surface area contributed by atoms with Gasteiger partial charge in [-0.1, -0.05) is 55.3 Å². The van der Waals surface area contributed by atoms with Crippen LogP contribution in [0, 0.1) is 11.8 Å². The number of carbonyl (C=O) groups is 1. The van der Waals surface area contributed by atoms with E-state index in [0.717, 1.165) is 29.4 Å². The molecule has 0 radical (unpaired) electrons. The van der Waals surface area contributed by atoms with Gasteiger partial charge in [-0.25, -0.2) is 0 Å². The number of likely N-dealkylation sites (tertiary alicyclic amines) is 1. The van der Waals surface area contributed by atoms with Gasteiger partial charge in [0, 0.05) is 17.5 Å². The molecule has 1 saturated carbocycles. The first-order chi connectivity index (χ1) is 15.8. The molecule has 0 N–H and O–H groups in total. The maximum Gasteiger partial charge on any atom is 0.231 e. The zero-order valence-corrected chi connectivity index (χ0v) is 19.0. The number of piperidine rings is 1. The van der Waals surface area contributed by atoms with E-state index in [0.29, 0.717) is 24.4 Å². The highest BCUT2D eigenvalue weighted by atomic mass is 16.7. The molecular weight excluding hydrogens is 398 g/mol. The van der Waals surface area contributed by atoms with Gasteiger partial charge in [0.05, 0.1) is 0 Å². The standard InChI is InChI=1S/C28H35NO3/c30-26(24-5-2-1-3-6-24)19-22-11-9-21(10-12-22)13-16-29-17-14-23(15-18-29)25-7-4-8-27-28(25)32-20-31-27/h1-8,21-23H,9-20H2. The minimum Gasteiger partial charge on any atom is -0.454 e. The normalized spacial score (nSPS) is 23.9. The van der Waals surface area contributed by atoms with Crippen molar-refractivity contribution in [3.63, 3.8) is 0 Å². The van der Waals surface area contributed by atoms with Gasteiger partial charge in [-0.05, 0) is 75.6 Å². The van der Waals surface area contributed by atoms with E-state index in [1.54, 1.807) is 0 Å². The van der Waals surface area contributed by atoms with Crippen LogP contribution in [0.2, 0.25) is 0 Å². The first kappa shape index (κ1) is 21.5. The van der Waals surface area contributed by atoms with Crippen LogP contribution in [-0.2, 0) is 0 Å². The average Bonchev–Trinajstić information content (AvgIpc) is 3.34. The average molecular weight is 434 g/mol. The van der Waals surface area contributed by atoms with E-state index in [1.807, 2.05) is 36.4 Å².